The van der Waals surface area contributed by atoms with Crippen LogP contribution in [0.1, 0.15) is 40.0 Å². The lowest BCUT2D eigenvalue weighted by Crippen LogP contribution is -2.53. The van der Waals surface area contributed by atoms with Crippen LogP contribution in [0.5, 0.6) is 0 Å². The minimum Gasteiger partial charge on any atom is -0.444 e. The van der Waals surface area contributed by atoms with E-state index in [1.807, 2.05) is 0 Å². The molecule has 1 amide bonds. The third kappa shape index (κ3) is 7.79. The van der Waals surface area contributed by atoms with Crippen molar-refractivity contribution >= 4 is 18.0 Å². The van der Waals surface area contributed by atoms with Crippen molar-refractivity contribution in [1.29, 1.82) is 0 Å². The average Bonchev–Trinajstić information content (AvgIpc) is 2.61. The summed E-state index contributed by atoms with van der Waals surface area (Å²) in [5.41, 5.74) is 4.94. The number of esters is 2. The van der Waals surface area contributed by atoms with Gasteiger partial charge in [0, 0.05) is 26.1 Å². The van der Waals surface area contributed by atoms with Crippen LogP contribution in [0.25, 0.3) is 0 Å². The fourth-order valence-corrected chi connectivity index (χ4v) is 2.78. The molecule has 0 bridgehead atoms. The topological polar surface area (TPSA) is 127 Å². The van der Waals surface area contributed by atoms with Crippen LogP contribution < -0.4 is 21.5 Å². The summed E-state index contributed by atoms with van der Waals surface area (Å²) in [5, 5.41) is 5.65. The Kier molecular flexibility index (Phi) is 7.96. The fraction of sp³-hybridized carbons (Fsp3) is 0.824. The lowest BCUT2D eigenvalue weighted by atomic mass is 10.1. The molecule has 0 aromatic rings. The summed E-state index contributed by atoms with van der Waals surface area (Å²) < 4.78 is 15.8. The Bertz CT molecular complexity index is 524. The van der Waals surface area contributed by atoms with Crippen molar-refractivity contribution in [2.24, 2.45) is 0 Å². The number of hydrogen-bond acceptors (Lipinski definition) is 9. The Labute approximate surface area is 159 Å². The molecule has 2 aliphatic heterocycles. The molecule has 2 saturated heterocycles. The van der Waals surface area contributed by atoms with Crippen molar-refractivity contribution in [1.82, 2.24) is 21.5 Å². The van der Waals surface area contributed by atoms with Crippen molar-refractivity contribution in [2.75, 3.05) is 26.2 Å². The molecule has 0 aromatic heterocycles. The molecule has 10 heteroatoms. The second kappa shape index (κ2) is 9.98. The van der Waals surface area contributed by atoms with Gasteiger partial charge in [-0.2, -0.15) is 0 Å². The maximum Gasteiger partial charge on any atom is 0.408 e. The van der Waals surface area contributed by atoms with Crippen LogP contribution in [0.15, 0.2) is 0 Å². The molecule has 0 spiro atoms. The molecule has 2 heterocycles. The van der Waals surface area contributed by atoms with Gasteiger partial charge < -0.3 is 24.8 Å². The van der Waals surface area contributed by atoms with Gasteiger partial charge in [-0.15, -0.1) is 0 Å². The molecule has 0 saturated carbocycles. The molecule has 4 N–H and O–H groups in total. The van der Waals surface area contributed by atoms with Crippen LogP contribution in [-0.4, -0.2) is 68.1 Å². The molecule has 27 heavy (non-hydrogen) atoms. The second-order valence-electron chi connectivity index (χ2n) is 7.64. The molecular weight excluding hydrogens is 356 g/mol. The van der Waals surface area contributed by atoms with Gasteiger partial charge in [0.15, 0.2) is 0 Å². The normalized spacial score (nSPS) is 24.6. The van der Waals surface area contributed by atoms with E-state index >= 15 is 0 Å². The van der Waals surface area contributed by atoms with Gasteiger partial charge in [-0.25, -0.2) is 19.8 Å². The van der Waals surface area contributed by atoms with Gasteiger partial charge in [0.2, 0.25) is 0 Å². The summed E-state index contributed by atoms with van der Waals surface area (Å²) in [6.07, 6.45) is 0.504. The number of carbonyl (C=O) groups excluding carboxylic acids is 3. The number of morpholine rings is 1. The first-order valence-electron chi connectivity index (χ1n) is 9.30. The van der Waals surface area contributed by atoms with Crippen molar-refractivity contribution in [3.8, 4) is 0 Å². The quantitative estimate of drug-likeness (QED) is 0.368. The smallest absolute Gasteiger partial charge is 0.408 e. The highest BCUT2D eigenvalue weighted by atomic mass is 16.6. The number of hydrogen-bond donors (Lipinski definition) is 4. The zero-order chi connectivity index (χ0) is 19.9. The van der Waals surface area contributed by atoms with Gasteiger partial charge in [0.1, 0.15) is 17.7 Å². The third-order valence-electron chi connectivity index (χ3n) is 4.04. The molecule has 3 atom stereocenters. The molecular formula is C17H30N4O6. The Hall–Kier alpha value is -1.75. The second-order valence-corrected chi connectivity index (χ2v) is 7.64. The Morgan fingerprint density at radius 1 is 1.26 bits per heavy atom. The number of ether oxygens (including phenoxy) is 3. The van der Waals surface area contributed by atoms with Gasteiger partial charge >= 0.3 is 18.0 Å². The highest BCUT2D eigenvalue weighted by Crippen LogP contribution is 2.12. The first-order chi connectivity index (χ1) is 12.7. The van der Waals surface area contributed by atoms with Crippen LogP contribution in [0, 0.1) is 0 Å². The summed E-state index contributed by atoms with van der Waals surface area (Å²) in [5.74, 6) is -1.50. The van der Waals surface area contributed by atoms with E-state index in [4.69, 9.17) is 14.2 Å². The van der Waals surface area contributed by atoms with E-state index in [0.29, 0.717) is 19.6 Å². The Balaban J connectivity index is 1.96. The standard InChI is InChI=1S/C17H30N4O6/c1-17(2,3)27-16(24)20-13(9-11-10-18-7-8-25-11)15(23)26-14(22)12-5-4-6-19-21-12/h11-13,18-19,21H,4-10H2,1-3H3,(H,20,24)/t11-,12?,13-/m0/s1. The fourth-order valence-electron chi connectivity index (χ4n) is 2.78. The van der Waals surface area contributed by atoms with Crippen LogP contribution >= 0.6 is 0 Å². The molecule has 0 radical (unpaired) electrons. The molecule has 0 aliphatic carbocycles. The van der Waals surface area contributed by atoms with Gasteiger partial charge in [0.25, 0.3) is 0 Å². The SMILES string of the molecule is CC(C)(C)OC(=O)N[C@@H](C[C@H]1CNCCO1)C(=O)OC(=O)C1CCCNN1. The van der Waals surface area contributed by atoms with Crippen LogP contribution in [0.2, 0.25) is 0 Å². The van der Waals surface area contributed by atoms with Crippen LogP contribution in [0.4, 0.5) is 4.79 Å². The number of rotatable bonds is 5. The lowest BCUT2D eigenvalue weighted by molar-refractivity contribution is -0.164. The molecule has 2 aliphatic rings. The summed E-state index contributed by atoms with van der Waals surface area (Å²) in [7, 11) is 0. The molecule has 154 valence electrons. The van der Waals surface area contributed by atoms with Gasteiger partial charge in [-0.3, -0.25) is 5.43 Å². The number of nitrogens with one attached hydrogen (secondary N) is 4. The summed E-state index contributed by atoms with van der Waals surface area (Å²) >= 11 is 0. The minimum absolute atomic E-state index is 0.175. The summed E-state index contributed by atoms with van der Waals surface area (Å²) in [4.78, 5) is 36.8. The molecule has 2 fully saturated rings. The van der Waals surface area contributed by atoms with Crippen molar-refractivity contribution in [3.63, 3.8) is 0 Å². The number of hydrazine groups is 1. The maximum atomic E-state index is 12.5. The van der Waals surface area contributed by atoms with Crippen molar-refractivity contribution in [2.45, 2.75) is 63.8 Å². The predicted molar refractivity (Wildman–Crippen MR) is 95.6 cm³/mol. The van der Waals surface area contributed by atoms with Crippen molar-refractivity contribution in [3.05, 3.63) is 0 Å². The highest BCUT2D eigenvalue weighted by molar-refractivity contribution is 5.92. The van der Waals surface area contributed by atoms with E-state index < -0.39 is 35.7 Å². The van der Waals surface area contributed by atoms with E-state index in [1.54, 1.807) is 20.8 Å². The molecule has 0 aromatic carbocycles. The number of alkyl carbamates (subject to hydrolysis) is 1. The van der Waals surface area contributed by atoms with E-state index in [9.17, 15) is 14.4 Å². The predicted octanol–water partition coefficient (Wildman–Crippen LogP) is -0.415. The number of carbonyl (C=O) groups is 3. The summed E-state index contributed by atoms with van der Waals surface area (Å²) in [6.45, 7) is 7.69. The zero-order valence-electron chi connectivity index (χ0n) is 16.1. The summed E-state index contributed by atoms with van der Waals surface area (Å²) in [6, 6.07) is -1.65. The monoisotopic (exact) mass is 386 g/mol. The van der Waals surface area contributed by atoms with Gasteiger partial charge in [0.05, 0.1) is 12.7 Å². The van der Waals surface area contributed by atoms with Crippen LogP contribution in [-0.2, 0) is 23.8 Å². The molecule has 1 unspecified atom stereocenters. The van der Waals surface area contributed by atoms with Gasteiger partial charge in [-0.05, 0) is 33.6 Å². The highest BCUT2D eigenvalue weighted by Gasteiger charge is 2.33. The average molecular weight is 386 g/mol. The Morgan fingerprint density at radius 2 is 2.04 bits per heavy atom. The minimum atomic E-state index is -1.05. The Morgan fingerprint density at radius 3 is 2.63 bits per heavy atom. The third-order valence-corrected chi connectivity index (χ3v) is 4.04. The van der Waals surface area contributed by atoms with E-state index in [2.05, 4.69) is 21.5 Å². The lowest BCUT2D eigenvalue weighted by Gasteiger charge is -2.28. The van der Waals surface area contributed by atoms with E-state index in [1.165, 1.54) is 0 Å². The van der Waals surface area contributed by atoms with E-state index in [-0.39, 0.29) is 12.5 Å². The van der Waals surface area contributed by atoms with Crippen LogP contribution in [0.3, 0.4) is 0 Å². The van der Waals surface area contributed by atoms with Gasteiger partial charge in [-0.1, -0.05) is 0 Å². The number of amides is 1. The maximum absolute atomic E-state index is 12.5. The zero-order valence-corrected chi connectivity index (χ0v) is 16.1. The molecule has 2 rings (SSSR count). The largest absolute Gasteiger partial charge is 0.444 e. The molecule has 10 nitrogen and oxygen atoms in total. The van der Waals surface area contributed by atoms with E-state index in [0.717, 1.165) is 19.5 Å². The van der Waals surface area contributed by atoms with Crippen molar-refractivity contribution < 1.29 is 28.6 Å². The first-order valence-corrected chi connectivity index (χ1v) is 9.30. The first kappa shape index (κ1) is 21.5.